The third-order valence-corrected chi connectivity index (χ3v) is 5.62. The van der Waals surface area contributed by atoms with Crippen molar-refractivity contribution in [1.82, 2.24) is 9.13 Å². The number of esters is 1. The highest BCUT2D eigenvalue weighted by Gasteiger charge is 2.23. The summed E-state index contributed by atoms with van der Waals surface area (Å²) in [6, 6.07) is 22.3. The Hall–Kier alpha value is -4.46. The van der Waals surface area contributed by atoms with E-state index in [2.05, 4.69) is 0 Å². The first-order valence-electron chi connectivity index (χ1n) is 10.7. The van der Waals surface area contributed by atoms with Gasteiger partial charge in [-0.1, -0.05) is 72.8 Å². The standard InChI is InChI=1S/C26H23N3O5/c1-28-25(32)23(24(27)29(26(28)33)15-17-8-3-2-4-9-17)21(30)16-34-22(31)14-19-12-7-11-18-10-5-6-13-20(18)19/h2-13H,14-16,27H2,1H3. The first-order chi connectivity index (χ1) is 16.4. The molecule has 172 valence electrons. The molecule has 0 atom stereocenters. The molecule has 0 amide bonds. The summed E-state index contributed by atoms with van der Waals surface area (Å²) in [4.78, 5) is 50.5. The second-order valence-electron chi connectivity index (χ2n) is 7.88. The maximum Gasteiger partial charge on any atom is 0.332 e. The van der Waals surface area contributed by atoms with Crippen LogP contribution in [0.5, 0.6) is 0 Å². The lowest BCUT2D eigenvalue weighted by molar-refractivity contribution is -0.141. The van der Waals surface area contributed by atoms with Gasteiger partial charge in [-0.05, 0) is 21.9 Å². The molecule has 0 aliphatic heterocycles. The minimum atomic E-state index is -0.832. The molecule has 0 saturated carbocycles. The van der Waals surface area contributed by atoms with Crippen molar-refractivity contribution < 1.29 is 14.3 Å². The van der Waals surface area contributed by atoms with Gasteiger partial charge < -0.3 is 10.5 Å². The molecule has 3 aromatic carbocycles. The number of nitrogen functional groups attached to an aromatic ring is 1. The van der Waals surface area contributed by atoms with Gasteiger partial charge in [0, 0.05) is 7.05 Å². The second kappa shape index (κ2) is 9.58. The number of carbonyl (C=O) groups excluding carboxylic acids is 2. The molecule has 0 aliphatic carbocycles. The van der Waals surface area contributed by atoms with Crippen molar-refractivity contribution in [1.29, 1.82) is 0 Å². The molecule has 4 rings (SSSR count). The van der Waals surface area contributed by atoms with Gasteiger partial charge in [-0.2, -0.15) is 0 Å². The number of fused-ring (bicyclic) bond motifs is 1. The molecular weight excluding hydrogens is 434 g/mol. The molecule has 0 aliphatic rings. The predicted octanol–water partition coefficient (Wildman–Crippen LogP) is 2.30. The van der Waals surface area contributed by atoms with Gasteiger partial charge in [0.1, 0.15) is 11.4 Å². The van der Waals surface area contributed by atoms with Gasteiger partial charge in [0.05, 0.1) is 13.0 Å². The fraction of sp³-hybridized carbons (Fsp3) is 0.154. The van der Waals surface area contributed by atoms with Crippen molar-refractivity contribution in [2.75, 3.05) is 12.3 Å². The zero-order valence-electron chi connectivity index (χ0n) is 18.6. The van der Waals surface area contributed by atoms with E-state index >= 15 is 0 Å². The first kappa shape index (κ1) is 22.7. The molecule has 8 nitrogen and oxygen atoms in total. The van der Waals surface area contributed by atoms with Crippen LogP contribution in [0.15, 0.2) is 82.4 Å². The zero-order valence-corrected chi connectivity index (χ0v) is 18.6. The van der Waals surface area contributed by atoms with E-state index < -0.39 is 29.6 Å². The van der Waals surface area contributed by atoms with Crippen LogP contribution in [0, 0.1) is 0 Å². The van der Waals surface area contributed by atoms with Crippen molar-refractivity contribution in [3.63, 3.8) is 0 Å². The van der Waals surface area contributed by atoms with E-state index in [1.165, 1.54) is 7.05 Å². The van der Waals surface area contributed by atoms with Crippen LogP contribution in [0.4, 0.5) is 5.82 Å². The molecule has 0 saturated heterocycles. The van der Waals surface area contributed by atoms with Crippen LogP contribution in [-0.4, -0.2) is 27.5 Å². The Labute approximate surface area is 194 Å². The fourth-order valence-corrected chi connectivity index (χ4v) is 3.84. The first-order valence-corrected chi connectivity index (χ1v) is 10.7. The summed E-state index contributed by atoms with van der Waals surface area (Å²) >= 11 is 0. The van der Waals surface area contributed by atoms with Crippen molar-refractivity contribution in [2.45, 2.75) is 13.0 Å². The highest BCUT2D eigenvalue weighted by molar-refractivity contribution is 6.01. The van der Waals surface area contributed by atoms with Gasteiger partial charge in [0.25, 0.3) is 5.56 Å². The van der Waals surface area contributed by atoms with Gasteiger partial charge >= 0.3 is 11.7 Å². The average Bonchev–Trinajstić information content (AvgIpc) is 2.85. The van der Waals surface area contributed by atoms with E-state index in [1.54, 1.807) is 24.3 Å². The quantitative estimate of drug-likeness (QED) is 0.337. The number of ketones is 1. The minimum Gasteiger partial charge on any atom is -0.457 e. The molecule has 34 heavy (non-hydrogen) atoms. The topological polar surface area (TPSA) is 113 Å². The molecule has 0 bridgehead atoms. The van der Waals surface area contributed by atoms with Crippen LogP contribution in [0.1, 0.15) is 21.5 Å². The maximum atomic E-state index is 12.8. The second-order valence-corrected chi connectivity index (χ2v) is 7.88. The maximum absolute atomic E-state index is 12.8. The van der Waals surface area contributed by atoms with Gasteiger partial charge in [0.15, 0.2) is 6.61 Å². The molecule has 0 fully saturated rings. The summed E-state index contributed by atoms with van der Waals surface area (Å²) < 4.78 is 7.15. The Balaban J connectivity index is 1.54. The van der Waals surface area contributed by atoms with Crippen LogP contribution < -0.4 is 17.0 Å². The lowest BCUT2D eigenvalue weighted by Gasteiger charge is -2.15. The van der Waals surface area contributed by atoms with E-state index in [4.69, 9.17) is 10.5 Å². The van der Waals surface area contributed by atoms with Crippen molar-refractivity contribution in [3.8, 4) is 0 Å². The number of nitrogens with zero attached hydrogens (tertiary/aromatic N) is 2. The van der Waals surface area contributed by atoms with Crippen LogP contribution in [0.2, 0.25) is 0 Å². The van der Waals surface area contributed by atoms with E-state index in [0.29, 0.717) is 0 Å². The Bertz CT molecular complexity index is 1500. The average molecular weight is 457 g/mol. The summed E-state index contributed by atoms with van der Waals surface area (Å²) in [5, 5.41) is 1.90. The monoisotopic (exact) mass is 457 g/mol. The highest BCUT2D eigenvalue weighted by atomic mass is 16.5. The van der Waals surface area contributed by atoms with Crippen LogP contribution >= 0.6 is 0 Å². The number of carbonyl (C=O) groups is 2. The number of ether oxygens (including phenoxy) is 1. The summed E-state index contributed by atoms with van der Waals surface area (Å²) in [6.45, 7) is -0.576. The molecular formula is C26H23N3O5. The molecule has 8 heteroatoms. The Morgan fingerprint density at radius 3 is 2.35 bits per heavy atom. The van der Waals surface area contributed by atoms with Crippen molar-refractivity contribution >= 4 is 28.3 Å². The molecule has 2 N–H and O–H groups in total. The molecule has 0 unspecified atom stereocenters. The van der Waals surface area contributed by atoms with E-state index in [9.17, 15) is 19.2 Å². The number of rotatable bonds is 7. The molecule has 1 aromatic heterocycles. The lowest BCUT2D eigenvalue weighted by atomic mass is 10.0. The third-order valence-electron chi connectivity index (χ3n) is 5.62. The summed E-state index contributed by atoms with van der Waals surface area (Å²) in [7, 11) is 1.27. The third kappa shape index (κ3) is 4.52. The highest BCUT2D eigenvalue weighted by Crippen LogP contribution is 2.19. The van der Waals surface area contributed by atoms with Crippen molar-refractivity contribution in [2.24, 2.45) is 7.05 Å². The smallest absolute Gasteiger partial charge is 0.332 e. The van der Waals surface area contributed by atoms with Crippen LogP contribution in [0.3, 0.4) is 0 Å². The summed E-state index contributed by atoms with van der Waals surface area (Å²) in [5.41, 5.74) is 5.77. The van der Waals surface area contributed by atoms with E-state index in [0.717, 1.165) is 31.0 Å². The number of benzene rings is 3. The number of hydrogen-bond acceptors (Lipinski definition) is 6. The van der Waals surface area contributed by atoms with Gasteiger partial charge in [-0.15, -0.1) is 0 Å². The fourth-order valence-electron chi connectivity index (χ4n) is 3.84. The van der Waals surface area contributed by atoms with Crippen LogP contribution in [0.25, 0.3) is 10.8 Å². The van der Waals surface area contributed by atoms with E-state index in [1.807, 2.05) is 48.5 Å². The molecule has 1 heterocycles. The Morgan fingerprint density at radius 2 is 1.59 bits per heavy atom. The number of nitrogens with two attached hydrogens (primary N) is 1. The Morgan fingerprint density at radius 1 is 0.912 bits per heavy atom. The van der Waals surface area contributed by atoms with Crippen LogP contribution in [-0.2, 0) is 29.5 Å². The molecule has 0 radical (unpaired) electrons. The SMILES string of the molecule is Cn1c(=O)c(C(=O)COC(=O)Cc2cccc3ccccc23)c(N)n(Cc2ccccc2)c1=O. The van der Waals surface area contributed by atoms with Gasteiger partial charge in [-0.25, -0.2) is 4.79 Å². The number of Topliss-reactive ketones (excluding diaryl/α,β-unsaturated/α-hetero) is 1. The largest absolute Gasteiger partial charge is 0.457 e. The molecule has 4 aromatic rings. The van der Waals surface area contributed by atoms with Gasteiger partial charge in [0.2, 0.25) is 5.78 Å². The number of aromatic nitrogens is 2. The summed E-state index contributed by atoms with van der Waals surface area (Å²) in [6.07, 6.45) is -0.0321. The normalized spacial score (nSPS) is 10.9. The molecule has 0 spiro atoms. The van der Waals surface area contributed by atoms with Gasteiger partial charge in [-0.3, -0.25) is 23.5 Å². The van der Waals surface area contributed by atoms with Crippen molar-refractivity contribution in [3.05, 3.63) is 110 Å². The number of hydrogen-bond donors (Lipinski definition) is 1. The zero-order chi connectivity index (χ0) is 24.2. The minimum absolute atomic E-state index is 0.0321. The Kier molecular flexibility index (Phi) is 6.40. The number of anilines is 1. The summed E-state index contributed by atoms with van der Waals surface area (Å²) in [5.74, 6) is -1.64. The predicted molar refractivity (Wildman–Crippen MR) is 129 cm³/mol. The lowest BCUT2D eigenvalue weighted by Crippen LogP contribution is -2.43. The van der Waals surface area contributed by atoms with E-state index in [-0.39, 0.29) is 24.3 Å².